The molecular formula is C15H24N2O4. The van der Waals surface area contributed by atoms with Crippen molar-refractivity contribution in [2.75, 3.05) is 35.4 Å². The molecule has 0 radical (unpaired) electrons. The van der Waals surface area contributed by atoms with Gasteiger partial charge in [-0.05, 0) is 24.6 Å². The van der Waals surface area contributed by atoms with Crippen LogP contribution in [0.4, 0.5) is 0 Å². The minimum atomic E-state index is -0.265. The Labute approximate surface area is 126 Å². The summed E-state index contributed by atoms with van der Waals surface area (Å²) in [6.07, 6.45) is 0. The summed E-state index contributed by atoms with van der Waals surface area (Å²) in [5.41, 5.74) is 0.947. The SMILES string of the molecule is COc1cc(CNC(C)C(=O)N(C)C)cc(OC)c1OC. The van der Waals surface area contributed by atoms with Gasteiger partial charge in [-0.2, -0.15) is 0 Å². The van der Waals surface area contributed by atoms with Crippen molar-refractivity contribution in [3.05, 3.63) is 17.7 Å². The quantitative estimate of drug-likeness (QED) is 0.821. The molecule has 0 bridgehead atoms. The summed E-state index contributed by atoms with van der Waals surface area (Å²) in [5, 5.41) is 3.18. The van der Waals surface area contributed by atoms with Gasteiger partial charge in [-0.25, -0.2) is 0 Å². The van der Waals surface area contributed by atoms with Gasteiger partial charge in [-0.1, -0.05) is 0 Å². The zero-order chi connectivity index (χ0) is 16.0. The number of amides is 1. The van der Waals surface area contributed by atoms with Crippen molar-refractivity contribution in [1.29, 1.82) is 0 Å². The number of carbonyl (C=O) groups is 1. The number of rotatable bonds is 7. The smallest absolute Gasteiger partial charge is 0.238 e. The summed E-state index contributed by atoms with van der Waals surface area (Å²) < 4.78 is 15.9. The lowest BCUT2D eigenvalue weighted by Crippen LogP contribution is -2.41. The van der Waals surface area contributed by atoms with E-state index in [4.69, 9.17) is 14.2 Å². The van der Waals surface area contributed by atoms with E-state index in [1.807, 2.05) is 19.1 Å². The number of nitrogens with zero attached hydrogens (tertiary/aromatic N) is 1. The second-order valence-electron chi connectivity index (χ2n) is 4.87. The molecule has 0 heterocycles. The Bertz CT molecular complexity index is 464. The van der Waals surface area contributed by atoms with Crippen LogP contribution in [-0.2, 0) is 11.3 Å². The number of nitrogens with one attached hydrogen (secondary N) is 1. The van der Waals surface area contributed by atoms with Crippen LogP contribution in [0.2, 0.25) is 0 Å². The molecule has 0 saturated carbocycles. The summed E-state index contributed by atoms with van der Waals surface area (Å²) in [7, 11) is 8.19. The molecular weight excluding hydrogens is 272 g/mol. The van der Waals surface area contributed by atoms with Crippen LogP contribution in [0.15, 0.2) is 12.1 Å². The van der Waals surface area contributed by atoms with Crippen molar-refractivity contribution in [2.24, 2.45) is 0 Å². The van der Waals surface area contributed by atoms with Gasteiger partial charge in [-0.15, -0.1) is 0 Å². The zero-order valence-electron chi connectivity index (χ0n) is 13.5. The zero-order valence-corrected chi connectivity index (χ0v) is 13.5. The van der Waals surface area contributed by atoms with E-state index in [0.717, 1.165) is 5.56 Å². The molecule has 21 heavy (non-hydrogen) atoms. The van der Waals surface area contributed by atoms with Crippen LogP contribution in [0.3, 0.4) is 0 Å². The molecule has 0 spiro atoms. The van der Waals surface area contributed by atoms with Gasteiger partial charge in [0.1, 0.15) is 0 Å². The summed E-state index contributed by atoms with van der Waals surface area (Å²) in [5.74, 6) is 1.78. The lowest BCUT2D eigenvalue weighted by atomic mass is 10.1. The standard InChI is InChI=1S/C15H24N2O4/c1-10(15(18)17(2)3)16-9-11-7-12(19-4)14(21-6)13(8-11)20-5/h7-8,10,16H,9H2,1-6H3. The largest absolute Gasteiger partial charge is 0.493 e. The molecule has 1 amide bonds. The van der Waals surface area contributed by atoms with E-state index in [9.17, 15) is 4.79 Å². The molecule has 0 aliphatic heterocycles. The average molecular weight is 296 g/mol. The van der Waals surface area contributed by atoms with Crippen molar-refractivity contribution >= 4 is 5.91 Å². The molecule has 6 heteroatoms. The van der Waals surface area contributed by atoms with Gasteiger partial charge in [0, 0.05) is 20.6 Å². The van der Waals surface area contributed by atoms with Crippen molar-refractivity contribution < 1.29 is 19.0 Å². The Morgan fingerprint density at radius 1 is 1.14 bits per heavy atom. The number of ether oxygens (including phenoxy) is 3. The molecule has 6 nitrogen and oxygen atoms in total. The van der Waals surface area contributed by atoms with Crippen LogP contribution in [0.5, 0.6) is 17.2 Å². The normalized spacial score (nSPS) is 11.7. The Balaban J connectivity index is 2.87. The maximum Gasteiger partial charge on any atom is 0.238 e. The molecule has 1 rings (SSSR count). The second kappa shape index (κ2) is 7.73. The highest BCUT2D eigenvalue weighted by atomic mass is 16.5. The molecule has 1 unspecified atom stereocenters. The van der Waals surface area contributed by atoms with Gasteiger partial charge in [-0.3, -0.25) is 4.79 Å². The van der Waals surface area contributed by atoms with E-state index >= 15 is 0 Å². The Hall–Kier alpha value is -1.95. The fourth-order valence-corrected chi connectivity index (χ4v) is 1.98. The molecule has 1 N–H and O–H groups in total. The third-order valence-corrected chi connectivity index (χ3v) is 3.15. The van der Waals surface area contributed by atoms with Gasteiger partial charge in [0.25, 0.3) is 0 Å². The second-order valence-corrected chi connectivity index (χ2v) is 4.87. The highest BCUT2D eigenvalue weighted by Crippen LogP contribution is 2.38. The lowest BCUT2D eigenvalue weighted by Gasteiger charge is -2.19. The Morgan fingerprint density at radius 2 is 1.67 bits per heavy atom. The number of hydrogen-bond donors (Lipinski definition) is 1. The fourth-order valence-electron chi connectivity index (χ4n) is 1.98. The van der Waals surface area contributed by atoms with Gasteiger partial charge < -0.3 is 24.4 Å². The molecule has 1 atom stereocenters. The third-order valence-electron chi connectivity index (χ3n) is 3.15. The number of methoxy groups -OCH3 is 3. The predicted octanol–water partition coefficient (Wildman–Crippen LogP) is 1.28. The maximum absolute atomic E-state index is 11.8. The van der Waals surface area contributed by atoms with Crippen molar-refractivity contribution in [3.63, 3.8) is 0 Å². The van der Waals surface area contributed by atoms with Crippen molar-refractivity contribution in [1.82, 2.24) is 10.2 Å². The Morgan fingerprint density at radius 3 is 2.05 bits per heavy atom. The van der Waals surface area contributed by atoms with E-state index in [1.54, 1.807) is 40.3 Å². The summed E-state index contributed by atoms with van der Waals surface area (Å²) in [6, 6.07) is 3.46. The van der Waals surface area contributed by atoms with Crippen LogP contribution >= 0.6 is 0 Å². The van der Waals surface area contributed by atoms with E-state index < -0.39 is 0 Å². The topological polar surface area (TPSA) is 60.0 Å². The van der Waals surface area contributed by atoms with Crippen LogP contribution in [0, 0.1) is 0 Å². The van der Waals surface area contributed by atoms with Crippen LogP contribution < -0.4 is 19.5 Å². The van der Waals surface area contributed by atoms with Gasteiger partial charge in [0.15, 0.2) is 11.5 Å². The van der Waals surface area contributed by atoms with Crippen molar-refractivity contribution in [3.8, 4) is 17.2 Å². The van der Waals surface area contributed by atoms with E-state index in [0.29, 0.717) is 23.8 Å². The molecule has 0 fully saturated rings. The first kappa shape index (κ1) is 17.1. The molecule has 1 aromatic rings. The number of carbonyl (C=O) groups excluding carboxylic acids is 1. The fraction of sp³-hybridized carbons (Fsp3) is 0.533. The highest BCUT2D eigenvalue weighted by Gasteiger charge is 2.16. The van der Waals surface area contributed by atoms with Crippen molar-refractivity contribution in [2.45, 2.75) is 19.5 Å². The first-order valence-electron chi connectivity index (χ1n) is 6.68. The summed E-state index contributed by atoms with van der Waals surface area (Å²) >= 11 is 0. The number of benzene rings is 1. The van der Waals surface area contributed by atoms with Crippen LogP contribution in [0.25, 0.3) is 0 Å². The Kier molecular flexibility index (Phi) is 6.30. The monoisotopic (exact) mass is 296 g/mol. The molecule has 0 aromatic heterocycles. The molecule has 0 aliphatic carbocycles. The lowest BCUT2D eigenvalue weighted by molar-refractivity contribution is -0.130. The minimum absolute atomic E-state index is 0.0300. The van der Waals surface area contributed by atoms with Crippen LogP contribution in [-0.4, -0.2) is 52.3 Å². The molecule has 1 aromatic carbocycles. The molecule has 0 aliphatic rings. The molecule has 118 valence electrons. The van der Waals surface area contributed by atoms with Gasteiger partial charge in [0.2, 0.25) is 11.7 Å². The van der Waals surface area contributed by atoms with E-state index in [2.05, 4.69) is 5.32 Å². The number of hydrogen-bond acceptors (Lipinski definition) is 5. The maximum atomic E-state index is 11.8. The first-order chi connectivity index (χ1) is 9.94. The first-order valence-corrected chi connectivity index (χ1v) is 6.68. The predicted molar refractivity (Wildman–Crippen MR) is 81.1 cm³/mol. The average Bonchev–Trinajstić information content (AvgIpc) is 2.50. The van der Waals surface area contributed by atoms with E-state index in [-0.39, 0.29) is 11.9 Å². The summed E-state index contributed by atoms with van der Waals surface area (Å²) in [6.45, 7) is 2.36. The highest BCUT2D eigenvalue weighted by molar-refractivity contribution is 5.80. The number of likely N-dealkylation sites (N-methyl/N-ethyl adjacent to an activating group) is 1. The summed E-state index contributed by atoms with van der Waals surface area (Å²) in [4.78, 5) is 13.4. The van der Waals surface area contributed by atoms with Crippen LogP contribution in [0.1, 0.15) is 12.5 Å². The third kappa shape index (κ3) is 4.26. The van der Waals surface area contributed by atoms with E-state index in [1.165, 1.54) is 0 Å². The molecule has 0 saturated heterocycles. The van der Waals surface area contributed by atoms with Gasteiger partial charge >= 0.3 is 0 Å². The minimum Gasteiger partial charge on any atom is -0.493 e. The van der Waals surface area contributed by atoms with Gasteiger partial charge in [0.05, 0.1) is 27.4 Å².